The average Bonchev–Trinajstić information content (AvgIpc) is 2.87. The molecule has 1 N–H and O–H groups in total. The van der Waals surface area contributed by atoms with Gasteiger partial charge in [0.1, 0.15) is 0 Å². The second-order valence-corrected chi connectivity index (χ2v) is 8.77. The minimum absolute atomic E-state index is 0.435. The fraction of sp³-hybridized carbons (Fsp3) is 0.778. The van der Waals surface area contributed by atoms with Gasteiger partial charge in [-0.2, -0.15) is 0 Å². The number of hydrogen-bond donors (Lipinski definition) is 1. The summed E-state index contributed by atoms with van der Waals surface area (Å²) in [5, 5.41) is 6.35. The fourth-order valence-corrected chi connectivity index (χ4v) is 5.27. The van der Waals surface area contributed by atoms with E-state index in [-0.39, 0.29) is 0 Å². The molecule has 2 heteroatoms. The Morgan fingerprint density at radius 1 is 1.10 bits per heavy atom. The molecule has 0 saturated heterocycles. The van der Waals surface area contributed by atoms with Crippen molar-refractivity contribution < 1.29 is 0 Å². The Kier molecular flexibility index (Phi) is 4.24. The second-order valence-electron chi connectivity index (χ2n) is 7.77. The van der Waals surface area contributed by atoms with Gasteiger partial charge in [-0.05, 0) is 60.4 Å². The van der Waals surface area contributed by atoms with Gasteiger partial charge in [0.15, 0.2) is 0 Å². The van der Waals surface area contributed by atoms with Crippen LogP contribution in [0.15, 0.2) is 11.4 Å². The Morgan fingerprint density at radius 2 is 1.90 bits per heavy atom. The van der Waals surface area contributed by atoms with Crippen LogP contribution in [0.5, 0.6) is 0 Å². The van der Waals surface area contributed by atoms with Crippen molar-refractivity contribution >= 4 is 11.3 Å². The summed E-state index contributed by atoms with van der Waals surface area (Å²) >= 11 is 1.96. The highest BCUT2D eigenvalue weighted by Crippen LogP contribution is 2.40. The molecular formula is C18H29NS. The van der Waals surface area contributed by atoms with E-state index in [1.807, 2.05) is 11.3 Å². The van der Waals surface area contributed by atoms with Crippen molar-refractivity contribution in [3.05, 3.63) is 21.9 Å². The normalized spacial score (nSPS) is 31.1. The standard InChI is InChI=1S/C18H29NS/c1-18(2,3)14-7-4-5-8-16(14)19-15-9-6-10-17-13(15)11-12-20-17/h11-12,14-16,19H,4-10H2,1-3H3. The SMILES string of the molecule is CC(C)(C)C1CCCCC1NC1CCCc2sccc21. The number of nitrogens with one attached hydrogen (secondary N) is 1. The maximum absolute atomic E-state index is 4.06. The molecular weight excluding hydrogens is 262 g/mol. The van der Waals surface area contributed by atoms with E-state index in [1.54, 1.807) is 10.4 Å². The quantitative estimate of drug-likeness (QED) is 0.777. The molecule has 1 aromatic heterocycles. The number of fused-ring (bicyclic) bond motifs is 1. The molecule has 112 valence electrons. The largest absolute Gasteiger partial charge is 0.307 e. The summed E-state index contributed by atoms with van der Waals surface area (Å²) in [5.74, 6) is 0.834. The third kappa shape index (κ3) is 2.96. The Labute approximate surface area is 128 Å². The molecule has 0 aliphatic heterocycles. The lowest BCUT2D eigenvalue weighted by atomic mass is 9.69. The molecule has 0 amide bonds. The topological polar surface area (TPSA) is 12.0 Å². The van der Waals surface area contributed by atoms with Crippen LogP contribution in [0.25, 0.3) is 0 Å². The molecule has 1 saturated carbocycles. The van der Waals surface area contributed by atoms with Crippen LogP contribution in [-0.2, 0) is 6.42 Å². The molecule has 1 nitrogen and oxygen atoms in total. The van der Waals surface area contributed by atoms with Gasteiger partial charge in [0.2, 0.25) is 0 Å². The highest BCUT2D eigenvalue weighted by atomic mass is 32.1. The van der Waals surface area contributed by atoms with Crippen molar-refractivity contribution in [1.29, 1.82) is 0 Å². The first-order chi connectivity index (χ1) is 9.55. The molecule has 1 heterocycles. The highest BCUT2D eigenvalue weighted by molar-refractivity contribution is 7.10. The zero-order chi connectivity index (χ0) is 14.2. The number of thiophene rings is 1. The van der Waals surface area contributed by atoms with Crippen LogP contribution in [0.2, 0.25) is 0 Å². The van der Waals surface area contributed by atoms with Gasteiger partial charge in [-0.1, -0.05) is 33.6 Å². The van der Waals surface area contributed by atoms with Crippen LogP contribution in [0.3, 0.4) is 0 Å². The van der Waals surface area contributed by atoms with Crippen LogP contribution < -0.4 is 5.32 Å². The van der Waals surface area contributed by atoms with Gasteiger partial charge in [0, 0.05) is 17.0 Å². The van der Waals surface area contributed by atoms with Crippen LogP contribution >= 0.6 is 11.3 Å². The number of rotatable bonds is 2. The number of aryl methyl sites for hydroxylation is 1. The first kappa shape index (κ1) is 14.6. The maximum atomic E-state index is 4.06. The monoisotopic (exact) mass is 291 g/mol. The number of hydrogen-bond acceptors (Lipinski definition) is 2. The fourth-order valence-electron chi connectivity index (χ4n) is 4.28. The van der Waals surface area contributed by atoms with Crippen LogP contribution in [-0.4, -0.2) is 6.04 Å². The predicted octanol–water partition coefficient (Wildman–Crippen LogP) is 5.32. The van der Waals surface area contributed by atoms with Gasteiger partial charge in [-0.3, -0.25) is 0 Å². The molecule has 0 bridgehead atoms. The Balaban J connectivity index is 1.74. The van der Waals surface area contributed by atoms with Gasteiger partial charge in [-0.25, -0.2) is 0 Å². The molecule has 20 heavy (non-hydrogen) atoms. The van der Waals surface area contributed by atoms with Gasteiger partial charge in [0.25, 0.3) is 0 Å². The molecule has 2 aliphatic carbocycles. The molecule has 3 atom stereocenters. The van der Waals surface area contributed by atoms with Crippen molar-refractivity contribution in [3.8, 4) is 0 Å². The van der Waals surface area contributed by atoms with Gasteiger partial charge >= 0.3 is 0 Å². The summed E-state index contributed by atoms with van der Waals surface area (Å²) in [6, 6.07) is 3.71. The summed E-state index contributed by atoms with van der Waals surface area (Å²) in [4.78, 5) is 1.64. The molecule has 0 aromatic carbocycles. The Morgan fingerprint density at radius 3 is 2.70 bits per heavy atom. The Hall–Kier alpha value is -0.340. The minimum atomic E-state index is 0.435. The molecule has 3 rings (SSSR count). The first-order valence-electron chi connectivity index (χ1n) is 8.38. The van der Waals surface area contributed by atoms with Crippen LogP contribution in [0.4, 0.5) is 0 Å². The molecule has 0 radical (unpaired) electrons. The summed E-state index contributed by atoms with van der Waals surface area (Å²) in [6.07, 6.45) is 9.61. The summed E-state index contributed by atoms with van der Waals surface area (Å²) in [7, 11) is 0. The smallest absolute Gasteiger partial charge is 0.0333 e. The molecule has 0 spiro atoms. The van der Waals surface area contributed by atoms with Crippen molar-refractivity contribution in [2.45, 2.75) is 77.8 Å². The summed E-state index contributed by atoms with van der Waals surface area (Å²) < 4.78 is 0. The van der Waals surface area contributed by atoms with E-state index in [0.717, 1.165) is 12.0 Å². The second kappa shape index (κ2) is 5.81. The first-order valence-corrected chi connectivity index (χ1v) is 9.26. The van der Waals surface area contributed by atoms with Crippen molar-refractivity contribution in [3.63, 3.8) is 0 Å². The van der Waals surface area contributed by atoms with E-state index < -0.39 is 0 Å². The van der Waals surface area contributed by atoms with Gasteiger partial charge in [0.05, 0.1) is 0 Å². The summed E-state index contributed by atoms with van der Waals surface area (Å²) in [6.45, 7) is 7.28. The van der Waals surface area contributed by atoms with E-state index in [1.165, 1.54) is 44.9 Å². The lowest BCUT2D eigenvalue weighted by Crippen LogP contribution is -2.46. The van der Waals surface area contributed by atoms with Crippen LogP contribution in [0.1, 0.15) is 75.8 Å². The highest BCUT2D eigenvalue weighted by Gasteiger charge is 2.35. The van der Waals surface area contributed by atoms with Crippen LogP contribution in [0, 0.1) is 11.3 Å². The zero-order valence-corrected chi connectivity index (χ0v) is 14.1. The van der Waals surface area contributed by atoms with Crippen molar-refractivity contribution in [1.82, 2.24) is 5.32 Å². The van der Waals surface area contributed by atoms with E-state index in [0.29, 0.717) is 11.5 Å². The zero-order valence-electron chi connectivity index (χ0n) is 13.2. The predicted molar refractivity (Wildman–Crippen MR) is 88.3 cm³/mol. The maximum Gasteiger partial charge on any atom is 0.0333 e. The average molecular weight is 292 g/mol. The lowest BCUT2D eigenvalue weighted by molar-refractivity contribution is 0.121. The van der Waals surface area contributed by atoms with Gasteiger partial charge < -0.3 is 5.32 Å². The molecule has 1 aromatic rings. The van der Waals surface area contributed by atoms with E-state index in [9.17, 15) is 0 Å². The van der Waals surface area contributed by atoms with Crippen molar-refractivity contribution in [2.24, 2.45) is 11.3 Å². The van der Waals surface area contributed by atoms with Crippen molar-refractivity contribution in [2.75, 3.05) is 0 Å². The van der Waals surface area contributed by atoms with Gasteiger partial charge in [-0.15, -0.1) is 11.3 Å². The minimum Gasteiger partial charge on any atom is -0.307 e. The van der Waals surface area contributed by atoms with E-state index >= 15 is 0 Å². The molecule has 3 unspecified atom stereocenters. The van der Waals surface area contributed by atoms with E-state index in [4.69, 9.17) is 0 Å². The summed E-state index contributed by atoms with van der Waals surface area (Å²) in [5.41, 5.74) is 2.05. The molecule has 2 aliphatic rings. The third-order valence-electron chi connectivity index (χ3n) is 5.35. The lowest BCUT2D eigenvalue weighted by Gasteiger charge is -2.43. The third-order valence-corrected chi connectivity index (χ3v) is 6.34. The Bertz CT molecular complexity index is 443. The molecule has 1 fully saturated rings. The van der Waals surface area contributed by atoms with E-state index in [2.05, 4.69) is 37.5 Å².